The molecule has 0 spiro atoms. The summed E-state index contributed by atoms with van der Waals surface area (Å²) in [5.41, 5.74) is 1.02. The molecule has 1 aliphatic carbocycles. The predicted octanol–water partition coefficient (Wildman–Crippen LogP) is 7.27. The van der Waals surface area contributed by atoms with Crippen molar-refractivity contribution >= 4 is 40.9 Å². The molecule has 2 aromatic carbocycles. The lowest BCUT2D eigenvalue weighted by Crippen LogP contribution is -2.17. The fourth-order valence-electron chi connectivity index (χ4n) is 4.19. The molecule has 0 heterocycles. The summed E-state index contributed by atoms with van der Waals surface area (Å²) in [6.07, 6.45) is 3.11. The Labute approximate surface area is 212 Å². The summed E-state index contributed by atoms with van der Waals surface area (Å²) in [6.45, 7) is 7.92. The number of hydrogen-bond donors (Lipinski definition) is 1. The van der Waals surface area contributed by atoms with Crippen molar-refractivity contribution in [3.63, 3.8) is 0 Å². The topological polar surface area (TPSA) is 55.4 Å². The van der Waals surface area contributed by atoms with Crippen LogP contribution in [0.1, 0.15) is 44.5 Å². The lowest BCUT2D eigenvalue weighted by Gasteiger charge is -2.22. The van der Waals surface area contributed by atoms with Crippen LogP contribution in [0, 0.1) is 35.2 Å². The third-order valence-electron chi connectivity index (χ3n) is 6.18. The van der Waals surface area contributed by atoms with Gasteiger partial charge in [-0.2, -0.15) is 0 Å². The first-order chi connectivity index (χ1) is 16.5. The van der Waals surface area contributed by atoms with Gasteiger partial charge in [0, 0.05) is 40.5 Å². The van der Waals surface area contributed by atoms with Gasteiger partial charge in [-0.3, -0.25) is 9.59 Å². The maximum atomic E-state index is 13.5. The number of allylic oxidation sites excluding steroid dienone is 1. The Morgan fingerprint density at radius 1 is 1.14 bits per heavy atom. The SMILES string of the molecule is CC(=O)OC/C(C)=C/C1CC(C)C(C)C1Sc1cc(C(=O)Nc2cc(F)c(F)c(F)c2)ccc1Cl. The normalized spacial score (nSPS) is 22.2. The Balaban J connectivity index is 1.80. The number of amides is 1. The van der Waals surface area contributed by atoms with Crippen LogP contribution in [0.3, 0.4) is 0 Å². The van der Waals surface area contributed by atoms with E-state index >= 15 is 0 Å². The molecular weight excluding hydrogens is 499 g/mol. The van der Waals surface area contributed by atoms with Crippen molar-refractivity contribution < 1.29 is 27.5 Å². The fourth-order valence-corrected chi connectivity index (χ4v) is 5.96. The van der Waals surface area contributed by atoms with E-state index in [1.165, 1.54) is 13.0 Å². The number of carbonyl (C=O) groups excluding carboxylic acids is 2. The van der Waals surface area contributed by atoms with E-state index in [4.69, 9.17) is 16.3 Å². The van der Waals surface area contributed by atoms with Crippen LogP contribution in [-0.4, -0.2) is 23.7 Å². The third-order valence-corrected chi connectivity index (χ3v) is 8.27. The molecule has 4 atom stereocenters. The lowest BCUT2D eigenvalue weighted by molar-refractivity contribution is -0.139. The Bertz CT molecular complexity index is 1130. The summed E-state index contributed by atoms with van der Waals surface area (Å²) in [7, 11) is 0. The Kier molecular flexibility index (Phi) is 8.94. The van der Waals surface area contributed by atoms with Gasteiger partial charge < -0.3 is 10.1 Å². The summed E-state index contributed by atoms with van der Waals surface area (Å²) in [5, 5.41) is 3.05. The van der Waals surface area contributed by atoms with Crippen LogP contribution in [0.25, 0.3) is 0 Å². The number of thioether (sulfide) groups is 1. The van der Waals surface area contributed by atoms with Crippen molar-refractivity contribution in [1.82, 2.24) is 0 Å². The van der Waals surface area contributed by atoms with E-state index in [-0.39, 0.29) is 35.0 Å². The lowest BCUT2D eigenvalue weighted by atomic mass is 10.0. The summed E-state index contributed by atoms with van der Waals surface area (Å²) >= 11 is 8.03. The van der Waals surface area contributed by atoms with Gasteiger partial charge in [0.25, 0.3) is 5.91 Å². The molecule has 1 saturated carbocycles. The van der Waals surface area contributed by atoms with Gasteiger partial charge in [0.1, 0.15) is 6.61 Å². The Morgan fingerprint density at radius 2 is 1.80 bits per heavy atom. The molecule has 1 N–H and O–H groups in total. The van der Waals surface area contributed by atoms with E-state index in [9.17, 15) is 22.8 Å². The van der Waals surface area contributed by atoms with Crippen LogP contribution in [0.4, 0.5) is 18.9 Å². The molecule has 0 aliphatic heterocycles. The maximum Gasteiger partial charge on any atom is 0.302 e. The van der Waals surface area contributed by atoms with Crippen molar-refractivity contribution in [3.05, 3.63) is 70.0 Å². The van der Waals surface area contributed by atoms with Gasteiger partial charge in [0.15, 0.2) is 17.5 Å². The van der Waals surface area contributed by atoms with Crippen molar-refractivity contribution in [2.45, 2.75) is 44.3 Å². The first-order valence-corrected chi connectivity index (χ1v) is 12.4. The summed E-state index contributed by atoms with van der Waals surface area (Å²) in [4.78, 5) is 24.6. The molecule has 1 fully saturated rings. The van der Waals surface area contributed by atoms with Crippen LogP contribution >= 0.6 is 23.4 Å². The predicted molar refractivity (Wildman–Crippen MR) is 132 cm³/mol. The molecule has 0 aromatic heterocycles. The summed E-state index contributed by atoms with van der Waals surface area (Å²) in [6, 6.07) is 6.20. The van der Waals surface area contributed by atoms with E-state index in [1.807, 2.05) is 6.92 Å². The average Bonchev–Trinajstić information content (AvgIpc) is 3.04. The molecule has 1 amide bonds. The molecule has 9 heteroatoms. The van der Waals surface area contributed by atoms with E-state index in [1.54, 1.807) is 23.9 Å². The third kappa shape index (κ3) is 6.82. The molecule has 4 nitrogen and oxygen atoms in total. The second-order valence-electron chi connectivity index (χ2n) is 8.96. The van der Waals surface area contributed by atoms with Gasteiger partial charge >= 0.3 is 5.97 Å². The molecule has 0 saturated heterocycles. The number of carbonyl (C=O) groups is 2. The smallest absolute Gasteiger partial charge is 0.302 e. The van der Waals surface area contributed by atoms with Gasteiger partial charge in [-0.05, 0) is 54.9 Å². The number of benzene rings is 2. The van der Waals surface area contributed by atoms with E-state index in [0.717, 1.165) is 24.1 Å². The molecular formula is C26H27ClF3NO3S. The van der Waals surface area contributed by atoms with Crippen LogP contribution in [-0.2, 0) is 9.53 Å². The first kappa shape index (κ1) is 27.1. The minimum Gasteiger partial charge on any atom is -0.461 e. The number of anilines is 1. The molecule has 188 valence electrons. The quantitative estimate of drug-likeness (QED) is 0.234. The van der Waals surface area contributed by atoms with Crippen molar-refractivity contribution in [1.29, 1.82) is 0 Å². The van der Waals surface area contributed by atoms with Gasteiger partial charge in [0.2, 0.25) is 0 Å². The van der Waals surface area contributed by atoms with E-state index in [2.05, 4.69) is 25.2 Å². The second-order valence-corrected chi connectivity index (χ2v) is 10.6. The number of rotatable bonds is 7. The zero-order valence-corrected chi connectivity index (χ0v) is 21.4. The van der Waals surface area contributed by atoms with E-state index in [0.29, 0.717) is 21.8 Å². The average molecular weight is 526 g/mol. The monoisotopic (exact) mass is 525 g/mol. The minimum absolute atomic E-state index is 0.174. The largest absolute Gasteiger partial charge is 0.461 e. The van der Waals surface area contributed by atoms with Crippen LogP contribution in [0.5, 0.6) is 0 Å². The minimum atomic E-state index is -1.60. The molecule has 3 rings (SSSR count). The summed E-state index contributed by atoms with van der Waals surface area (Å²) in [5.74, 6) is -4.26. The van der Waals surface area contributed by atoms with Crippen molar-refractivity contribution in [2.24, 2.45) is 17.8 Å². The molecule has 2 aromatic rings. The number of hydrogen-bond acceptors (Lipinski definition) is 4. The molecule has 0 bridgehead atoms. The number of ether oxygens (including phenoxy) is 1. The second kappa shape index (κ2) is 11.5. The Morgan fingerprint density at radius 3 is 2.43 bits per heavy atom. The van der Waals surface area contributed by atoms with Gasteiger partial charge in [0.05, 0.1) is 5.02 Å². The number of nitrogens with one attached hydrogen (secondary N) is 1. The highest BCUT2D eigenvalue weighted by Crippen LogP contribution is 2.48. The number of halogens is 4. The Hall–Kier alpha value is -2.45. The zero-order valence-electron chi connectivity index (χ0n) is 19.8. The molecule has 35 heavy (non-hydrogen) atoms. The van der Waals surface area contributed by atoms with Crippen LogP contribution < -0.4 is 5.32 Å². The van der Waals surface area contributed by atoms with Gasteiger partial charge in [-0.1, -0.05) is 31.5 Å². The zero-order chi connectivity index (χ0) is 25.9. The van der Waals surface area contributed by atoms with Gasteiger partial charge in [-0.25, -0.2) is 13.2 Å². The highest BCUT2D eigenvalue weighted by molar-refractivity contribution is 8.00. The van der Waals surface area contributed by atoms with Crippen molar-refractivity contribution in [2.75, 3.05) is 11.9 Å². The van der Waals surface area contributed by atoms with Crippen LogP contribution in [0.2, 0.25) is 5.02 Å². The molecule has 1 aliphatic rings. The fraction of sp³-hybridized carbons (Fsp3) is 0.385. The van der Waals surface area contributed by atoms with E-state index < -0.39 is 23.4 Å². The number of esters is 1. The van der Waals surface area contributed by atoms with Crippen molar-refractivity contribution in [3.8, 4) is 0 Å². The summed E-state index contributed by atoms with van der Waals surface area (Å²) < 4.78 is 45.3. The maximum absolute atomic E-state index is 13.5. The highest BCUT2D eigenvalue weighted by atomic mass is 35.5. The van der Waals surface area contributed by atoms with Gasteiger partial charge in [-0.15, -0.1) is 11.8 Å². The molecule has 0 radical (unpaired) electrons. The molecule has 4 unspecified atom stereocenters. The van der Waals surface area contributed by atoms with Crippen LogP contribution in [0.15, 0.2) is 46.9 Å². The highest BCUT2D eigenvalue weighted by Gasteiger charge is 2.38. The first-order valence-electron chi connectivity index (χ1n) is 11.2. The standard InChI is InChI=1S/C26H27ClF3NO3S/c1-13(12-34-16(4)32)7-18-8-14(2)15(3)25(18)35-23-9-17(5-6-20(23)27)26(33)31-19-10-21(28)24(30)22(29)11-19/h5-7,9-11,14-15,18,25H,8,12H2,1-4H3,(H,31,33)/b13-7+.